The molecule has 3 aromatic rings. The fourth-order valence-electron chi connectivity index (χ4n) is 2.25. The van der Waals surface area contributed by atoms with E-state index in [1.54, 1.807) is 24.8 Å². The Morgan fingerprint density at radius 2 is 2.05 bits per heavy atom. The van der Waals surface area contributed by atoms with Crippen molar-refractivity contribution in [1.82, 2.24) is 9.97 Å². The molecule has 0 fully saturated rings. The minimum atomic E-state index is 0.0630. The summed E-state index contributed by atoms with van der Waals surface area (Å²) in [4.78, 5) is 9.70. The summed E-state index contributed by atoms with van der Waals surface area (Å²) in [6.07, 6.45) is 1.58. The topological polar surface area (TPSA) is 73.1 Å². The Morgan fingerprint density at radius 3 is 2.73 bits per heavy atom. The van der Waals surface area contributed by atoms with Gasteiger partial charge in [0.15, 0.2) is 0 Å². The number of fused-ring (bicyclic) bond motifs is 1. The Kier molecular flexibility index (Phi) is 4.22. The van der Waals surface area contributed by atoms with E-state index in [1.807, 2.05) is 31.2 Å². The number of nitrogens with two attached hydrogens (primary N) is 1. The Bertz CT molecular complexity index is 767. The molecule has 0 aliphatic carbocycles. The lowest BCUT2D eigenvalue weighted by atomic mass is 10.1. The maximum atomic E-state index is 5.82. The highest BCUT2D eigenvalue weighted by Crippen LogP contribution is 2.36. The van der Waals surface area contributed by atoms with Crippen molar-refractivity contribution in [3.05, 3.63) is 36.0 Å². The van der Waals surface area contributed by atoms with E-state index in [9.17, 15) is 0 Å². The molecule has 0 spiro atoms. The van der Waals surface area contributed by atoms with Gasteiger partial charge >= 0.3 is 0 Å². The highest BCUT2D eigenvalue weighted by molar-refractivity contribution is 7.17. The lowest BCUT2D eigenvalue weighted by Crippen LogP contribution is -2.25. The number of aromatic nitrogens is 2. The summed E-state index contributed by atoms with van der Waals surface area (Å²) in [5, 5.41) is 6.46. The molecule has 6 heteroatoms. The Hall–Kier alpha value is -2.18. The second kappa shape index (κ2) is 6.29. The van der Waals surface area contributed by atoms with Crippen LogP contribution in [0.2, 0.25) is 0 Å². The van der Waals surface area contributed by atoms with Crippen LogP contribution in [0.5, 0.6) is 5.75 Å². The van der Waals surface area contributed by atoms with Crippen molar-refractivity contribution in [2.45, 2.75) is 13.0 Å². The third kappa shape index (κ3) is 2.88. The van der Waals surface area contributed by atoms with Crippen molar-refractivity contribution in [3.8, 4) is 16.9 Å². The van der Waals surface area contributed by atoms with Crippen molar-refractivity contribution >= 4 is 27.4 Å². The van der Waals surface area contributed by atoms with Crippen LogP contribution in [0.15, 0.2) is 36.0 Å². The summed E-state index contributed by atoms with van der Waals surface area (Å²) in [6, 6.07) is 8.06. The molecule has 2 heterocycles. The highest BCUT2D eigenvalue weighted by atomic mass is 32.1. The molecule has 5 nitrogen and oxygen atoms in total. The normalized spacial score (nSPS) is 12.3. The van der Waals surface area contributed by atoms with Gasteiger partial charge in [0.05, 0.1) is 12.5 Å². The largest absolute Gasteiger partial charge is 0.497 e. The van der Waals surface area contributed by atoms with Crippen LogP contribution in [0, 0.1) is 0 Å². The molecule has 3 N–H and O–H groups in total. The summed E-state index contributed by atoms with van der Waals surface area (Å²) in [7, 11) is 1.67. The monoisotopic (exact) mass is 314 g/mol. The van der Waals surface area contributed by atoms with Crippen molar-refractivity contribution in [2.75, 3.05) is 19.0 Å². The maximum Gasteiger partial charge on any atom is 0.138 e. The lowest BCUT2D eigenvalue weighted by Gasteiger charge is -2.10. The molecule has 22 heavy (non-hydrogen) atoms. The van der Waals surface area contributed by atoms with Gasteiger partial charge < -0.3 is 15.8 Å². The first-order valence-electron chi connectivity index (χ1n) is 7.05. The molecule has 0 aliphatic rings. The predicted molar refractivity (Wildman–Crippen MR) is 91.5 cm³/mol. The van der Waals surface area contributed by atoms with E-state index >= 15 is 0 Å². The van der Waals surface area contributed by atoms with Gasteiger partial charge in [-0.15, -0.1) is 11.3 Å². The number of thiophene rings is 1. The number of benzene rings is 1. The summed E-state index contributed by atoms with van der Waals surface area (Å²) >= 11 is 1.61. The molecule has 0 aliphatic heterocycles. The number of hydrogen-bond donors (Lipinski definition) is 2. The minimum absolute atomic E-state index is 0.0630. The molecule has 0 radical (unpaired) electrons. The molecular formula is C16H18N4OS. The van der Waals surface area contributed by atoms with Gasteiger partial charge in [0.25, 0.3) is 0 Å². The smallest absolute Gasteiger partial charge is 0.138 e. The van der Waals surface area contributed by atoms with Crippen molar-refractivity contribution in [2.24, 2.45) is 5.73 Å². The van der Waals surface area contributed by atoms with E-state index in [2.05, 4.69) is 20.7 Å². The third-order valence-corrected chi connectivity index (χ3v) is 4.25. The molecule has 114 valence electrons. The van der Waals surface area contributed by atoms with E-state index in [1.165, 1.54) is 0 Å². The SMILES string of the molecule is COc1ccc(-c2csc3ncnc(NC[C@H](C)N)c23)cc1. The standard InChI is InChI=1S/C16H18N4OS/c1-10(17)7-18-15-14-13(8-22-16(14)20-9-19-15)11-3-5-12(21-2)6-4-11/h3-6,8-10H,7,17H2,1-2H3,(H,18,19,20)/t10-/m0/s1. The number of rotatable bonds is 5. The number of anilines is 1. The summed E-state index contributed by atoms with van der Waals surface area (Å²) in [6.45, 7) is 2.63. The van der Waals surface area contributed by atoms with Gasteiger partial charge in [-0.05, 0) is 24.6 Å². The molecule has 0 saturated carbocycles. The fourth-order valence-corrected chi connectivity index (χ4v) is 3.17. The zero-order valence-electron chi connectivity index (χ0n) is 12.5. The molecule has 0 unspecified atom stereocenters. The van der Waals surface area contributed by atoms with Crippen LogP contribution >= 0.6 is 11.3 Å². The molecule has 1 aromatic carbocycles. The number of nitrogens with zero attached hydrogens (tertiary/aromatic N) is 2. The molecule has 0 saturated heterocycles. The first-order chi connectivity index (χ1) is 10.7. The first-order valence-corrected chi connectivity index (χ1v) is 7.93. The summed E-state index contributed by atoms with van der Waals surface area (Å²) < 4.78 is 5.21. The number of hydrogen-bond acceptors (Lipinski definition) is 6. The lowest BCUT2D eigenvalue weighted by molar-refractivity contribution is 0.415. The number of ether oxygens (including phenoxy) is 1. The zero-order valence-corrected chi connectivity index (χ0v) is 13.4. The Balaban J connectivity index is 2.05. The molecule has 1 atom stereocenters. The zero-order chi connectivity index (χ0) is 15.5. The average molecular weight is 314 g/mol. The molecular weight excluding hydrogens is 296 g/mol. The van der Waals surface area contributed by atoms with Crippen LogP contribution in [0.3, 0.4) is 0 Å². The van der Waals surface area contributed by atoms with Crippen molar-refractivity contribution < 1.29 is 4.74 Å². The Labute approximate surface area is 133 Å². The average Bonchev–Trinajstić information content (AvgIpc) is 2.97. The van der Waals surface area contributed by atoms with Gasteiger partial charge in [-0.25, -0.2) is 9.97 Å². The predicted octanol–water partition coefficient (Wildman–Crippen LogP) is 3.13. The maximum absolute atomic E-state index is 5.82. The van der Waals surface area contributed by atoms with Crippen LogP contribution in [0.25, 0.3) is 21.3 Å². The molecule has 2 aromatic heterocycles. The third-order valence-electron chi connectivity index (χ3n) is 3.36. The summed E-state index contributed by atoms with van der Waals surface area (Å²) in [5.41, 5.74) is 8.06. The van der Waals surface area contributed by atoms with Crippen LogP contribution < -0.4 is 15.8 Å². The Morgan fingerprint density at radius 1 is 1.27 bits per heavy atom. The van der Waals surface area contributed by atoms with E-state index < -0.39 is 0 Å². The molecule has 3 rings (SSSR count). The quantitative estimate of drug-likeness (QED) is 0.757. The van der Waals surface area contributed by atoms with E-state index in [4.69, 9.17) is 10.5 Å². The van der Waals surface area contributed by atoms with Crippen LogP contribution in [-0.4, -0.2) is 29.7 Å². The highest BCUT2D eigenvalue weighted by Gasteiger charge is 2.13. The fraction of sp³-hybridized carbons (Fsp3) is 0.250. The van der Waals surface area contributed by atoms with Gasteiger partial charge in [0.2, 0.25) is 0 Å². The van der Waals surface area contributed by atoms with Crippen LogP contribution in [0.1, 0.15) is 6.92 Å². The number of nitrogens with one attached hydrogen (secondary N) is 1. The van der Waals surface area contributed by atoms with E-state index in [-0.39, 0.29) is 6.04 Å². The van der Waals surface area contributed by atoms with Crippen LogP contribution in [0.4, 0.5) is 5.82 Å². The molecule has 0 bridgehead atoms. The van der Waals surface area contributed by atoms with E-state index in [0.717, 1.165) is 32.9 Å². The van der Waals surface area contributed by atoms with E-state index in [0.29, 0.717) is 6.54 Å². The summed E-state index contributed by atoms with van der Waals surface area (Å²) in [5.74, 6) is 1.67. The van der Waals surface area contributed by atoms with Gasteiger partial charge in [-0.2, -0.15) is 0 Å². The molecule has 0 amide bonds. The van der Waals surface area contributed by atoms with Gasteiger partial charge in [-0.1, -0.05) is 12.1 Å². The van der Waals surface area contributed by atoms with Gasteiger partial charge in [-0.3, -0.25) is 0 Å². The van der Waals surface area contributed by atoms with Gasteiger partial charge in [0.1, 0.15) is 22.7 Å². The number of methoxy groups -OCH3 is 1. The second-order valence-corrected chi connectivity index (χ2v) is 6.00. The van der Waals surface area contributed by atoms with Crippen LogP contribution in [-0.2, 0) is 0 Å². The van der Waals surface area contributed by atoms with Crippen molar-refractivity contribution in [1.29, 1.82) is 0 Å². The first kappa shape index (κ1) is 14.7. The van der Waals surface area contributed by atoms with Crippen molar-refractivity contribution in [3.63, 3.8) is 0 Å². The second-order valence-electron chi connectivity index (χ2n) is 5.14. The van der Waals surface area contributed by atoms with Gasteiger partial charge in [0, 0.05) is 23.5 Å². The minimum Gasteiger partial charge on any atom is -0.497 e.